The number of benzene rings is 1. The molecular weight excluding hydrogens is 355 g/mol. The number of piperidine rings is 1. The molecule has 0 bridgehead atoms. The Labute approximate surface area is 166 Å². The highest BCUT2D eigenvalue weighted by molar-refractivity contribution is 5.83. The molecule has 4 nitrogen and oxygen atoms in total. The van der Waals surface area contributed by atoms with E-state index in [1.807, 2.05) is 37.8 Å². The fraction of sp³-hybridized carbons (Fsp3) is 0.652. The normalized spacial score (nSPS) is 28.4. The quantitative estimate of drug-likeness (QED) is 0.838. The van der Waals surface area contributed by atoms with Crippen molar-refractivity contribution in [3.8, 4) is 0 Å². The Bertz CT molecular complexity index is 784. The minimum absolute atomic E-state index is 0.0632. The predicted molar refractivity (Wildman–Crippen MR) is 106 cm³/mol. The molecule has 2 aliphatic heterocycles. The zero-order valence-corrected chi connectivity index (χ0v) is 17.2. The van der Waals surface area contributed by atoms with Crippen molar-refractivity contribution in [3.63, 3.8) is 0 Å². The van der Waals surface area contributed by atoms with Crippen LogP contribution in [0.1, 0.15) is 76.3 Å². The van der Waals surface area contributed by atoms with Gasteiger partial charge in [-0.3, -0.25) is 9.59 Å². The van der Waals surface area contributed by atoms with Crippen LogP contribution in [0.5, 0.6) is 0 Å². The molecule has 2 saturated heterocycles. The molecule has 2 heterocycles. The van der Waals surface area contributed by atoms with Gasteiger partial charge in [-0.05, 0) is 60.6 Å². The largest absolute Gasteiger partial charge is 0.351 e. The molecule has 0 aromatic heterocycles. The first-order chi connectivity index (χ1) is 13.2. The first-order valence-corrected chi connectivity index (χ1v) is 10.6. The highest BCUT2D eigenvalue weighted by Gasteiger charge is 2.51. The van der Waals surface area contributed by atoms with Crippen molar-refractivity contribution in [3.05, 3.63) is 35.1 Å². The molecule has 1 aliphatic carbocycles. The van der Waals surface area contributed by atoms with E-state index in [0.29, 0.717) is 12.3 Å². The molecule has 4 rings (SSSR count). The Morgan fingerprint density at radius 2 is 1.89 bits per heavy atom. The van der Waals surface area contributed by atoms with Crippen molar-refractivity contribution in [1.82, 2.24) is 10.2 Å². The van der Waals surface area contributed by atoms with Crippen LogP contribution in [0.2, 0.25) is 0 Å². The van der Waals surface area contributed by atoms with Crippen molar-refractivity contribution < 1.29 is 14.0 Å². The number of nitrogens with one attached hydrogen (secondary N) is 1. The van der Waals surface area contributed by atoms with Crippen LogP contribution >= 0.6 is 0 Å². The van der Waals surface area contributed by atoms with Crippen molar-refractivity contribution >= 4 is 11.8 Å². The van der Waals surface area contributed by atoms with Gasteiger partial charge in [-0.2, -0.15) is 0 Å². The summed E-state index contributed by atoms with van der Waals surface area (Å²) in [6, 6.07) is 5.53. The smallest absolute Gasteiger partial charge is 0.225 e. The van der Waals surface area contributed by atoms with E-state index in [1.165, 1.54) is 5.56 Å². The fourth-order valence-corrected chi connectivity index (χ4v) is 5.20. The summed E-state index contributed by atoms with van der Waals surface area (Å²) in [6.45, 7) is 7.64. The van der Waals surface area contributed by atoms with Crippen molar-refractivity contribution in [2.75, 3.05) is 13.1 Å². The average molecular weight is 387 g/mol. The molecule has 1 spiro atoms. The molecule has 3 aliphatic rings. The van der Waals surface area contributed by atoms with Crippen LogP contribution in [0.3, 0.4) is 0 Å². The molecule has 1 N–H and O–H groups in total. The maximum Gasteiger partial charge on any atom is 0.225 e. The van der Waals surface area contributed by atoms with Gasteiger partial charge >= 0.3 is 0 Å². The molecular formula is C23H31FN2O2. The zero-order valence-electron chi connectivity index (χ0n) is 17.2. The number of rotatable bonds is 2. The monoisotopic (exact) mass is 386 g/mol. The first-order valence-electron chi connectivity index (χ1n) is 10.6. The second-order valence-electron chi connectivity index (χ2n) is 10.0. The highest BCUT2D eigenvalue weighted by Crippen LogP contribution is 2.45. The van der Waals surface area contributed by atoms with Gasteiger partial charge in [0, 0.05) is 31.0 Å². The van der Waals surface area contributed by atoms with Crippen LogP contribution in [0.15, 0.2) is 18.2 Å². The molecule has 3 fully saturated rings. The minimum atomic E-state index is -0.216. The Balaban J connectivity index is 1.34. The van der Waals surface area contributed by atoms with Gasteiger partial charge < -0.3 is 10.2 Å². The summed E-state index contributed by atoms with van der Waals surface area (Å²) in [5.41, 5.74) is 1.65. The van der Waals surface area contributed by atoms with Crippen LogP contribution in [0.25, 0.3) is 0 Å². The van der Waals surface area contributed by atoms with E-state index in [2.05, 4.69) is 5.32 Å². The number of carbonyl (C=O) groups is 2. The van der Waals surface area contributed by atoms with Crippen LogP contribution < -0.4 is 5.32 Å². The molecule has 152 valence electrons. The summed E-state index contributed by atoms with van der Waals surface area (Å²) < 4.78 is 14.2. The molecule has 0 unspecified atom stereocenters. The van der Waals surface area contributed by atoms with Crippen LogP contribution in [0, 0.1) is 11.7 Å². The van der Waals surface area contributed by atoms with E-state index in [-0.39, 0.29) is 34.5 Å². The number of nitrogens with zero attached hydrogens (tertiary/aromatic N) is 1. The zero-order chi connectivity index (χ0) is 20.1. The van der Waals surface area contributed by atoms with Gasteiger partial charge in [0.1, 0.15) is 5.82 Å². The van der Waals surface area contributed by atoms with Crippen molar-refractivity contribution in [1.29, 1.82) is 0 Å². The second-order valence-corrected chi connectivity index (χ2v) is 10.0. The molecule has 0 radical (unpaired) electrons. The lowest BCUT2D eigenvalue weighted by Gasteiger charge is -2.46. The molecule has 2 amide bonds. The number of hydrogen-bond donors (Lipinski definition) is 1. The Kier molecular flexibility index (Phi) is 4.75. The van der Waals surface area contributed by atoms with E-state index in [9.17, 15) is 14.0 Å². The topological polar surface area (TPSA) is 49.4 Å². The summed E-state index contributed by atoms with van der Waals surface area (Å²) in [7, 11) is 0. The third kappa shape index (κ3) is 3.56. The third-order valence-corrected chi connectivity index (χ3v) is 6.94. The van der Waals surface area contributed by atoms with E-state index in [1.54, 1.807) is 6.07 Å². The Morgan fingerprint density at radius 1 is 1.21 bits per heavy atom. The van der Waals surface area contributed by atoms with Gasteiger partial charge in [-0.15, -0.1) is 0 Å². The minimum Gasteiger partial charge on any atom is -0.351 e. The number of likely N-dealkylation sites (tertiary alicyclic amines) is 1. The second kappa shape index (κ2) is 6.85. The van der Waals surface area contributed by atoms with Crippen LogP contribution in [-0.4, -0.2) is 35.3 Å². The van der Waals surface area contributed by atoms with Gasteiger partial charge in [0.05, 0.1) is 0 Å². The van der Waals surface area contributed by atoms with Gasteiger partial charge in [-0.25, -0.2) is 4.39 Å². The summed E-state index contributed by atoms with van der Waals surface area (Å²) in [5.74, 6) is 0.683. The number of amides is 2. The maximum absolute atomic E-state index is 14.2. The lowest BCUT2D eigenvalue weighted by Crippen LogP contribution is -2.57. The summed E-state index contributed by atoms with van der Waals surface area (Å²) in [5, 5.41) is 3.06. The molecule has 1 aromatic carbocycles. The molecule has 0 atom stereocenters. The highest BCUT2D eigenvalue weighted by atomic mass is 19.1. The fourth-order valence-electron chi connectivity index (χ4n) is 5.20. The summed E-state index contributed by atoms with van der Waals surface area (Å²) in [6.07, 6.45) is 4.92. The summed E-state index contributed by atoms with van der Waals surface area (Å²) >= 11 is 0. The Morgan fingerprint density at radius 3 is 2.46 bits per heavy atom. The van der Waals surface area contributed by atoms with E-state index in [4.69, 9.17) is 0 Å². The lowest BCUT2D eigenvalue weighted by atomic mass is 9.67. The number of halogens is 1. The predicted octanol–water partition coefficient (Wildman–Crippen LogP) is 3.89. The molecule has 1 saturated carbocycles. The van der Waals surface area contributed by atoms with E-state index < -0.39 is 0 Å². The van der Waals surface area contributed by atoms with Gasteiger partial charge in [0.15, 0.2) is 0 Å². The molecule has 1 aromatic rings. The number of hydrogen-bond acceptors (Lipinski definition) is 2. The average Bonchev–Trinajstić information content (AvgIpc) is 3.02. The van der Waals surface area contributed by atoms with Gasteiger partial charge in [0.25, 0.3) is 0 Å². The lowest BCUT2D eigenvalue weighted by molar-refractivity contribution is -0.142. The van der Waals surface area contributed by atoms with Crippen LogP contribution in [-0.2, 0) is 15.0 Å². The summed E-state index contributed by atoms with van der Waals surface area (Å²) in [4.78, 5) is 26.3. The van der Waals surface area contributed by atoms with Crippen molar-refractivity contribution in [2.24, 2.45) is 5.92 Å². The van der Waals surface area contributed by atoms with E-state index in [0.717, 1.165) is 50.8 Å². The van der Waals surface area contributed by atoms with E-state index >= 15 is 0 Å². The SMILES string of the molecule is CC(C)(C)c1cc(C2CCN(C(=O)[C@H]3C[C@]4(CCC(=O)N4)C3)CC2)ccc1F. The van der Waals surface area contributed by atoms with Gasteiger partial charge in [-0.1, -0.05) is 32.9 Å². The Hall–Kier alpha value is -1.91. The third-order valence-electron chi connectivity index (χ3n) is 6.94. The first kappa shape index (κ1) is 19.4. The maximum atomic E-state index is 14.2. The molecule has 28 heavy (non-hydrogen) atoms. The number of carbonyl (C=O) groups excluding carboxylic acids is 2. The van der Waals surface area contributed by atoms with Crippen molar-refractivity contribution in [2.45, 2.75) is 76.2 Å². The van der Waals surface area contributed by atoms with Crippen LogP contribution in [0.4, 0.5) is 4.39 Å². The van der Waals surface area contributed by atoms with Gasteiger partial charge in [0.2, 0.25) is 11.8 Å². The molecule has 5 heteroatoms. The standard InChI is InChI=1S/C23H31FN2O2/c1-22(2,3)18-12-16(4-5-19(18)24)15-7-10-26(11-8-15)21(28)17-13-23(14-17)9-6-20(27)25-23/h4-5,12,15,17H,6-11,13-14H2,1-3H3,(H,25,27)/t17-,23+.